The zero-order valence-corrected chi connectivity index (χ0v) is 16.2. The molecule has 0 spiro atoms. The molecule has 1 aromatic carbocycles. The van der Waals surface area contributed by atoms with Gasteiger partial charge in [0.05, 0.1) is 6.54 Å². The van der Waals surface area contributed by atoms with Crippen molar-refractivity contribution >= 4 is 35.6 Å². The number of guanidine groups is 1. The Kier molecular flexibility index (Phi) is 8.17. The number of aliphatic imine (C=N–C) groups is 1. The van der Waals surface area contributed by atoms with Crippen LogP contribution >= 0.6 is 24.0 Å². The monoisotopic (exact) mass is 416 g/mol. The van der Waals surface area contributed by atoms with Crippen LogP contribution in [0.2, 0.25) is 0 Å². The molecule has 5 heteroatoms. The van der Waals surface area contributed by atoms with Crippen molar-refractivity contribution in [2.45, 2.75) is 39.7 Å². The number of likely N-dealkylation sites (tertiary alicyclic amines) is 1. The minimum atomic E-state index is 0. The average Bonchev–Trinajstić information content (AvgIpc) is 2.92. The second-order valence-electron chi connectivity index (χ2n) is 6.27. The molecule has 0 bridgehead atoms. The molecule has 3 N–H and O–H groups in total. The van der Waals surface area contributed by atoms with Crippen molar-refractivity contribution in [3.8, 4) is 0 Å². The van der Waals surface area contributed by atoms with Crippen LogP contribution in [0.1, 0.15) is 32.3 Å². The highest BCUT2D eigenvalue weighted by molar-refractivity contribution is 14.0. The second kappa shape index (κ2) is 9.35. The van der Waals surface area contributed by atoms with Crippen LogP contribution in [-0.4, -0.2) is 36.5 Å². The van der Waals surface area contributed by atoms with Gasteiger partial charge in [0.15, 0.2) is 5.96 Å². The highest BCUT2D eigenvalue weighted by atomic mass is 127. The van der Waals surface area contributed by atoms with E-state index in [1.807, 2.05) is 12.1 Å². The molecule has 1 heterocycles. The van der Waals surface area contributed by atoms with Crippen LogP contribution < -0.4 is 11.1 Å². The summed E-state index contributed by atoms with van der Waals surface area (Å²) in [7, 11) is 0. The van der Waals surface area contributed by atoms with Crippen LogP contribution in [0.15, 0.2) is 29.3 Å². The Labute approximate surface area is 151 Å². The van der Waals surface area contributed by atoms with E-state index in [1.165, 1.54) is 31.5 Å². The second-order valence-corrected chi connectivity index (χ2v) is 6.27. The smallest absolute Gasteiger partial charge is 0.193 e. The number of nitrogens with one attached hydrogen (secondary N) is 1. The number of hydrogen-bond donors (Lipinski definition) is 2. The minimum Gasteiger partial charge on any atom is -0.370 e. The van der Waals surface area contributed by atoms with Crippen molar-refractivity contribution in [2.24, 2.45) is 16.6 Å². The molecule has 1 aliphatic rings. The molecule has 1 fully saturated rings. The van der Waals surface area contributed by atoms with E-state index in [9.17, 15) is 0 Å². The lowest BCUT2D eigenvalue weighted by Crippen LogP contribution is -2.40. The van der Waals surface area contributed by atoms with Gasteiger partial charge < -0.3 is 11.1 Å². The van der Waals surface area contributed by atoms with Crippen LogP contribution in [0.4, 0.5) is 5.69 Å². The van der Waals surface area contributed by atoms with Crippen LogP contribution in [0, 0.1) is 12.8 Å². The Morgan fingerprint density at radius 3 is 2.59 bits per heavy atom. The lowest BCUT2D eigenvalue weighted by molar-refractivity contribution is 0.198. The zero-order valence-electron chi connectivity index (χ0n) is 13.9. The lowest BCUT2D eigenvalue weighted by atomic mass is 10.0. The predicted molar refractivity (Wildman–Crippen MR) is 106 cm³/mol. The normalized spacial score (nSPS) is 17.4. The topological polar surface area (TPSA) is 53.6 Å². The van der Waals surface area contributed by atoms with Gasteiger partial charge in [-0.15, -0.1) is 24.0 Å². The fourth-order valence-electron chi connectivity index (χ4n) is 2.92. The van der Waals surface area contributed by atoms with Gasteiger partial charge in [-0.25, -0.2) is 0 Å². The first kappa shape index (κ1) is 19.2. The molecule has 0 amide bonds. The molecule has 1 unspecified atom stereocenters. The van der Waals surface area contributed by atoms with Gasteiger partial charge in [-0.1, -0.05) is 26.0 Å². The molecule has 1 aliphatic heterocycles. The van der Waals surface area contributed by atoms with Gasteiger partial charge in [0, 0.05) is 11.7 Å². The fourth-order valence-corrected chi connectivity index (χ4v) is 2.92. The van der Waals surface area contributed by atoms with E-state index in [0.29, 0.717) is 17.9 Å². The third-order valence-electron chi connectivity index (χ3n) is 4.12. The Morgan fingerprint density at radius 2 is 2.00 bits per heavy atom. The van der Waals surface area contributed by atoms with E-state index in [1.54, 1.807) is 0 Å². The predicted octanol–water partition coefficient (Wildman–Crippen LogP) is 3.46. The molecule has 1 atom stereocenters. The summed E-state index contributed by atoms with van der Waals surface area (Å²) >= 11 is 0. The number of benzene rings is 1. The highest BCUT2D eigenvalue weighted by Gasteiger charge is 2.24. The number of hydrogen-bond acceptors (Lipinski definition) is 2. The van der Waals surface area contributed by atoms with Crippen molar-refractivity contribution in [2.75, 3.05) is 25.0 Å². The van der Waals surface area contributed by atoms with Gasteiger partial charge in [0.2, 0.25) is 0 Å². The molecule has 1 saturated heterocycles. The highest BCUT2D eigenvalue weighted by Crippen LogP contribution is 2.18. The quantitative estimate of drug-likeness (QED) is 0.439. The van der Waals surface area contributed by atoms with Crippen molar-refractivity contribution < 1.29 is 0 Å². The third-order valence-corrected chi connectivity index (χ3v) is 4.12. The zero-order chi connectivity index (χ0) is 15.2. The number of rotatable bonds is 5. The number of aryl methyl sites for hydroxylation is 1. The first-order valence-corrected chi connectivity index (χ1v) is 7.94. The van der Waals surface area contributed by atoms with Crippen LogP contribution in [0.3, 0.4) is 0 Å². The van der Waals surface area contributed by atoms with Crippen molar-refractivity contribution in [1.29, 1.82) is 0 Å². The Hall–Kier alpha value is -0.820. The SMILES string of the molecule is Cc1cccc(NC(N)=NCC(C(C)C)N2CCCC2)c1.I. The fraction of sp³-hybridized carbons (Fsp3) is 0.588. The number of nitrogens with zero attached hydrogens (tertiary/aromatic N) is 2. The summed E-state index contributed by atoms with van der Waals surface area (Å²) < 4.78 is 0. The van der Waals surface area contributed by atoms with Gasteiger partial charge in [0.25, 0.3) is 0 Å². The van der Waals surface area contributed by atoms with E-state index in [2.05, 4.69) is 48.1 Å². The third kappa shape index (κ3) is 5.76. The molecule has 0 radical (unpaired) electrons. The van der Waals surface area contributed by atoms with Gasteiger partial charge in [-0.3, -0.25) is 9.89 Å². The number of halogens is 1. The van der Waals surface area contributed by atoms with Crippen molar-refractivity contribution in [3.05, 3.63) is 29.8 Å². The molecule has 0 aromatic heterocycles. The van der Waals surface area contributed by atoms with Gasteiger partial charge in [-0.2, -0.15) is 0 Å². The molecular weight excluding hydrogens is 387 g/mol. The Morgan fingerprint density at radius 1 is 1.32 bits per heavy atom. The van der Waals surface area contributed by atoms with Crippen molar-refractivity contribution in [3.63, 3.8) is 0 Å². The minimum absolute atomic E-state index is 0. The summed E-state index contributed by atoms with van der Waals surface area (Å²) in [4.78, 5) is 7.11. The van der Waals surface area contributed by atoms with Gasteiger partial charge >= 0.3 is 0 Å². The summed E-state index contributed by atoms with van der Waals surface area (Å²) in [6, 6.07) is 8.66. The summed E-state index contributed by atoms with van der Waals surface area (Å²) in [6.45, 7) is 9.77. The van der Waals surface area contributed by atoms with E-state index in [4.69, 9.17) is 5.73 Å². The number of nitrogens with two attached hydrogens (primary N) is 1. The maximum Gasteiger partial charge on any atom is 0.193 e. The summed E-state index contributed by atoms with van der Waals surface area (Å²) in [5, 5.41) is 3.18. The maximum atomic E-state index is 6.02. The van der Waals surface area contributed by atoms with Gasteiger partial charge in [0.1, 0.15) is 0 Å². The lowest BCUT2D eigenvalue weighted by Gasteiger charge is -2.29. The number of anilines is 1. The standard InChI is InChI=1S/C17H28N4.HI/c1-13(2)16(21-9-4-5-10-21)12-19-17(18)20-15-8-6-7-14(3)11-15;/h6-8,11,13,16H,4-5,9-10,12H2,1-3H3,(H3,18,19,20);1H. The molecule has 1 aromatic rings. The molecule has 0 saturated carbocycles. The van der Waals surface area contributed by atoms with E-state index in [-0.39, 0.29) is 24.0 Å². The molecule has 22 heavy (non-hydrogen) atoms. The van der Waals surface area contributed by atoms with Crippen molar-refractivity contribution in [1.82, 2.24) is 4.90 Å². The average molecular weight is 416 g/mol. The Balaban J connectivity index is 0.00000242. The van der Waals surface area contributed by atoms with Crippen LogP contribution in [0.5, 0.6) is 0 Å². The first-order chi connectivity index (χ1) is 10.1. The van der Waals surface area contributed by atoms with Crippen LogP contribution in [0.25, 0.3) is 0 Å². The summed E-state index contributed by atoms with van der Waals surface area (Å²) in [5.74, 6) is 1.10. The largest absolute Gasteiger partial charge is 0.370 e. The van der Waals surface area contributed by atoms with Crippen LogP contribution in [-0.2, 0) is 0 Å². The van der Waals surface area contributed by atoms with E-state index < -0.39 is 0 Å². The van der Waals surface area contributed by atoms with E-state index >= 15 is 0 Å². The first-order valence-electron chi connectivity index (χ1n) is 7.94. The molecule has 0 aliphatic carbocycles. The van der Waals surface area contributed by atoms with Gasteiger partial charge in [-0.05, 0) is 56.5 Å². The summed E-state index contributed by atoms with van der Waals surface area (Å²) in [5.41, 5.74) is 8.23. The maximum absolute atomic E-state index is 6.02. The Bertz CT molecular complexity index is 481. The summed E-state index contributed by atoms with van der Waals surface area (Å²) in [6.07, 6.45) is 2.62. The molecule has 4 nitrogen and oxygen atoms in total. The van der Waals surface area contributed by atoms with E-state index in [0.717, 1.165) is 12.2 Å². The molecule has 2 rings (SSSR count). The molecular formula is C17H29IN4. The molecule has 124 valence electrons.